The molecule has 0 saturated heterocycles. The van der Waals surface area contributed by atoms with Gasteiger partial charge in [-0.25, -0.2) is 9.97 Å². The quantitative estimate of drug-likeness (QED) is 0.911. The maximum atomic E-state index is 4.60. The second-order valence-corrected chi connectivity index (χ2v) is 4.86. The molecule has 0 atom stereocenters. The smallest absolute Gasteiger partial charge is 0.135 e. The van der Waals surface area contributed by atoms with Crippen molar-refractivity contribution in [3.05, 3.63) is 52.5 Å². The zero-order valence-electron chi connectivity index (χ0n) is 12.1. The van der Waals surface area contributed by atoms with Crippen LogP contribution in [0.15, 0.2) is 24.3 Å². The van der Waals surface area contributed by atoms with Crippen LogP contribution in [0, 0.1) is 13.8 Å². The SMILES string of the molecule is CCc1cc(NC)nc(Cc2ccc(C)c(C)c2)n1. The predicted octanol–water partition coefficient (Wildman–Crippen LogP) is 3.29. The van der Waals surface area contributed by atoms with Crippen molar-refractivity contribution in [2.75, 3.05) is 12.4 Å². The van der Waals surface area contributed by atoms with Gasteiger partial charge in [-0.3, -0.25) is 0 Å². The van der Waals surface area contributed by atoms with Crippen LogP contribution in [0.1, 0.15) is 35.1 Å². The van der Waals surface area contributed by atoms with Gasteiger partial charge in [-0.2, -0.15) is 0 Å². The Bertz CT molecular complexity index is 554. The van der Waals surface area contributed by atoms with E-state index in [0.29, 0.717) is 0 Å². The van der Waals surface area contributed by atoms with Gasteiger partial charge < -0.3 is 5.32 Å². The molecule has 0 aliphatic carbocycles. The van der Waals surface area contributed by atoms with E-state index in [2.05, 4.69) is 54.3 Å². The monoisotopic (exact) mass is 255 g/mol. The van der Waals surface area contributed by atoms with Crippen molar-refractivity contribution >= 4 is 5.82 Å². The molecule has 1 aromatic heterocycles. The molecule has 0 aliphatic heterocycles. The topological polar surface area (TPSA) is 37.8 Å². The van der Waals surface area contributed by atoms with Crippen LogP contribution in [0.4, 0.5) is 5.82 Å². The summed E-state index contributed by atoms with van der Waals surface area (Å²) in [4.78, 5) is 9.12. The van der Waals surface area contributed by atoms with Gasteiger partial charge in [-0.15, -0.1) is 0 Å². The predicted molar refractivity (Wildman–Crippen MR) is 79.7 cm³/mol. The Morgan fingerprint density at radius 1 is 1.05 bits per heavy atom. The minimum atomic E-state index is 0.781. The molecule has 0 fully saturated rings. The number of aryl methyl sites for hydroxylation is 3. The van der Waals surface area contributed by atoms with Crippen molar-refractivity contribution in [2.24, 2.45) is 0 Å². The summed E-state index contributed by atoms with van der Waals surface area (Å²) in [5, 5.41) is 3.10. The summed E-state index contributed by atoms with van der Waals surface area (Å²) in [5.74, 6) is 1.78. The Kier molecular flexibility index (Phi) is 4.15. The number of benzene rings is 1. The first kappa shape index (κ1) is 13.5. The highest BCUT2D eigenvalue weighted by Crippen LogP contribution is 2.14. The molecule has 0 radical (unpaired) electrons. The van der Waals surface area contributed by atoms with Crippen LogP contribution >= 0.6 is 0 Å². The molecule has 2 rings (SSSR count). The van der Waals surface area contributed by atoms with Crippen molar-refractivity contribution < 1.29 is 0 Å². The molecule has 2 aromatic rings. The summed E-state index contributed by atoms with van der Waals surface area (Å²) >= 11 is 0. The third-order valence-electron chi connectivity index (χ3n) is 3.38. The Balaban J connectivity index is 2.29. The second-order valence-electron chi connectivity index (χ2n) is 4.86. The first-order chi connectivity index (χ1) is 9.12. The Morgan fingerprint density at radius 3 is 2.47 bits per heavy atom. The summed E-state index contributed by atoms with van der Waals surface area (Å²) in [7, 11) is 1.89. The van der Waals surface area contributed by atoms with Gasteiger partial charge in [0.05, 0.1) is 0 Å². The molecule has 0 amide bonds. The molecule has 0 aliphatic rings. The minimum absolute atomic E-state index is 0.781. The van der Waals surface area contributed by atoms with Gasteiger partial charge in [-0.1, -0.05) is 25.1 Å². The Morgan fingerprint density at radius 2 is 1.84 bits per heavy atom. The van der Waals surface area contributed by atoms with Crippen LogP contribution in [0.5, 0.6) is 0 Å². The van der Waals surface area contributed by atoms with Gasteiger partial charge in [0.1, 0.15) is 11.6 Å². The maximum Gasteiger partial charge on any atom is 0.135 e. The summed E-state index contributed by atoms with van der Waals surface area (Å²) in [6, 6.07) is 8.54. The van der Waals surface area contributed by atoms with Crippen molar-refractivity contribution in [3.63, 3.8) is 0 Å². The Labute approximate surface area is 115 Å². The molecule has 0 unspecified atom stereocenters. The first-order valence-electron chi connectivity index (χ1n) is 6.73. The van der Waals surface area contributed by atoms with Crippen LogP contribution in [0.25, 0.3) is 0 Å². The van der Waals surface area contributed by atoms with E-state index < -0.39 is 0 Å². The number of nitrogens with zero attached hydrogens (tertiary/aromatic N) is 2. The number of nitrogens with one attached hydrogen (secondary N) is 1. The molecular formula is C16H21N3. The van der Waals surface area contributed by atoms with E-state index in [0.717, 1.165) is 30.2 Å². The molecule has 1 aromatic carbocycles. The van der Waals surface area contributed by atoms with Crippen LogP contribution in [-0.2, 0) is 12.8 Å². The highest BCUT2D eigenvalue weighted by Gasteiger charge is 2.05. The van der Waals surface area contributed by atoms with E-state index in [9.17, 15) is 0 Å². The number of hydrogen-bond donors (Lipinski definition) is 1. The van der Waals surface area contributed by atoms with E-state index in [1.165, 1.54) is 16.7 Å². The first-order valence-corrected chi connectivity index (χ1v) is 6.73. The molecule has 0 saturated carbocycles. The number of anilines is 1. The van der Waals surface area contributed by atoms with E-state index in [1.807, 2.05) is 13.1 Å². The fourth-order valence-corrected chi connectivity index (χ4v) is 2.04. The van der Waals surface area contributed by atoms with Crippen LogP contribution in [0.2, 0.25) is 0 Å². The van der Waals surface area contributed by atoms with Gasteiger partial charge >= 0.3 is 0 Å². The summed E-state index contributed by atoms with van der Waals surface area (Å²) in [6.07, 6.45) is 1.71. The third kappa shape index (κ3) is 3.31. The zero-order valence-corrected chi connectivity index (χ0v) is 12.1. The normalized spacial score (nSPS) is 10.5. The second kappa shape index (κ2) is 5.83. The molecule has 3 nitrogen and oxygen atoms in total. The van der Waals surface area contributed by atoms with E-state index in [4.69, 9.17) is 0 Å². The molecule has 3 heteroatoms. The molecule has 0 spiro atoms. The molecule has 100 valence electrons. The van der Waals surface area contributed by atoms with Crippen molar-refractivity contribution in [3.8, 4) is 0 Å². The maximum absolute atomic E-state index is 4.60. The van der Waals surface area contributed by atoms with Crippen molar-refractivity contribution in [1.29, 1.82) is 0 Å². The van der Waals surface area contributed by atoms with Gasteiger partial charge in [0.25, 0.3) is 0 Å². The lowest BCUT2D eigenvalue weighted by atomic mass is 10.0. The average molecular weight is 255 g/mol. The number of hydrogen-bond acceptors (Lipinski definition) is 3. The van der Waals surface area contributed by atoms with Gasteiger partial charge in [-0.05, 0) is 37.0 Å². The van der Waals surface area contributed by atoms with Gasteiger partial charge in [0.15, 0.2) is 0 Å². The van der Waals surface area contributed by atoms with E-state index in [1.54, 1.807) is 0 Å². The Hall–Kier alpha value is -1.90. The standard InChI is InChI=1S/C16H21N3/c1-5-14-10-15(17-4)19-16(18-14)9-13-7-6-11(2)12(3)8-13/h6-8,10H,5,9H2,1-4H3,(H,17,18,19). The zero-order chi connectivity index (χ0) is 13.8. The van der Waals surface area contributed by atoms with Crippen LogP contribution in [0.3, 0.4) is 0 Å². The van der Waals surface area contributed by atoms with Crippen LogP contribution < -0.4 is 5.32 Å². The summed E-state index contributed by atoms with van der Waals surface area (Å²) < 4.78 is 0. The molecular weight excluding hydrogens is 234 g/mol. The lowest BCUT2D eigenvalue weighted by Crippen LogP contribution is -2.04. The fraction of sp³-hybridized carbons (Fsp3) is 0.375. The number of rotatable bonds is 4. The summed E-state index contributed by atoms with van der Waals surface area (Å²) in [5.41, 5.74) is 4.98. The van der Waals surface area contributed by atoms with Crippen molar-refractivity contribution in [2.45, 2.75) is 33.6 Å². The highest BCUT2D eigenvalue weighted by atomic mass is 15.0. The lowest BCUT2D eigenvalue weighted by molar-refractivity contribution is 0.907. The van der Waals surface area contributed by atoms with Crippen molar-refractivity contribution in [1.82, 2.24) is 9.97 Å². The lowest BCUT2D eigenvalue weighted by Gasteiger charge is -2.08. The highest BCUT2D eigenvalue weighted by molar-refractivity contribution is 5.37. The van der Waals surface area contributed by atoms with Gasteiger partial charge in [0.2, 0.25) is 0 Å². The third-order valence-corrected chi connectivity index (χ3v) is 3.38. The molecule has 0 bridgehead atoms. The molecule has 1 N–H and O–H groups in total. The molecule has 19 heavy (non-hydrogen) atoms. The largest absolute Gasteiger partial charge is 0.373 e. The molecule has 1 heterocycles. The van der Waals surface area contributed by atoms with Gasteiger partial charge in [0, 0.05) is 25.2 Å². The fourth-order valence-electron chi connectivity index (χ4n) is 2.04. The van der Waals surface area contributed by atoms with E-state index in [-0.39, 0.29) is 0 Å². The van der Waals surface area contributed by atoms with E-state index >= 15 is 0 Å². The van der Waals surface area contributed by atoms with Crippen LogP contribution in [-0.4, -0.2) is 17.0 Å². The summed E-state index contributed by atoms with van der Waals surface area (Å²) in [6.45, 7) is 6.38. The average Bonchev–Trinajstić information content (AvgIpc) is 2.42. The minimum Gasteiger partial charge on any atom is -0.373 e. The number of aromatic nitrogens is 2.